The predicted molar refractivity (Wildman–Crippen MR) is 80.8 cm³/mol. The SMILES string of the molecule is COC(=O)[C@]1(C)CCN(C(=O)[C@@H](C)N2CCCCCC2)C1. The number of hydrogen-bond donors (Lipinski definition) is 0. The van der Waals surface area contributed by atoms with Crippen LogP contribution in [0.25, 0.3) is 0 Å². The molecule has 2 heterocycles. The van der Waals surface area contributed by atoms with Crippen LogP contribution in [-0.4, -0.2) is 61.0 Å². The maximum Gasteiger partial charge on any atom is 0.313 e. The molecule has 21 heavy (non-hydrogen) atoms. The van der Waals surface area contributed by atoms with Crippen LogP contribution in [0.1, 0.15) is 46.0 Å². The Labute approximate surface area is 127 Å². The number of rotatable bonds is 3. The van der Waals surface area contributed by atoms with E-state index in [4.69, 9.17) is 4.74 Å². The van der Waals surface area contributed by atoms with E-state index in [1.165, 1.54) is 32.8 Å². The van der Waals surface area contributed by atoms with Gasteiger partial charge in [-0.15, -0.1) is 0 Å². The first kappa shape index (κ1) is 16.3. The van der Waals surface area contributed by atoms with Crippen molar-refractivity contribution in [3.8, 4) is 0 Å². The molecule has 2 rings (SSSR count). The van der Waals surface area contributed by atoms with Crippen molar-refractivity contribution < 1.29 is 14.3 Å². The molecule has 0 aromatic rings. The molecule has 2 atom stereocenters. The first-order valence-corrected chi connectivity index (χ1v) is 8.09. The third kappa shape index (κ3) is 3.57. The van der Waals surface area contributed by atoms with Crippen LogP contribution in [0.15, 0.2) is 0 Å². The number of hydrogen-bond acceptors (Lipinski definition) is 4. The fraction of sp³-hybridized carbons (Fsp3) is 0.875. The van der Waals surface area contributed by atoms with Crippen LogP contribution in [-0.2, 0) is 14.3 Å². The highest BCUT2D eigenvalue weighted by atomic mass is 16.5. The lowest BCUT2D eigenvalue weighted by molar-refractivity contribution is -0.151. The van der Waals surface area contributed by atoms with Crippen molar-refractivity contribution in [2.75, 3.05) is 33.3 Å². The molecule has 0 aromatic carbocycles. The van der Waals surface area contributed by atoms with Gasteiger partial charge in [-0.1, -0.05) is 12.8 Å². The van der Waals surface area contributed by atoms with Gasteiger partial charge in [0.1, 0.15) is 0 Å². The van der Waals surface area contributed by atoms with Crippen LogP contribution in [0.5, 0.6) is 0 Å². The molecule has 5 heteroatoms. The van der Waals surface area contributed by atoms with E-state index < -0.39 is 5.41 Å². The summed E-state index contributed by atoms with van der Waals surface area (Å²) in [6.07, 6.45) is 5.58. The zero-order valence-corrected chi connectivity index (χ0v) is 13.6. The van der Waals surface area contributed by atoms with Crippen LogP contribution in [0.2, 0.25) is 0 Å². The molecule has 0 radical (unpaired) electrons. The highest BCUT2D eigenvalue weighted by Gasteiger charge is 2.44. The van der Waals surface area contributed by atoms with E-state index in [1.807, 2.05) is 18.7 Å². The summed E-state index contributed by atoms with van der Waals surface area (Å²) >= 11 is 0. The maximum absolute atomic E-state index is 12.7. The Kier molecular flexibility index (Phi) is 5.25. The Morgan fingerprint density at radius 2 is 1.71 bits per heavy atom. The van der Waals surface area contributed by atoms with Crippen molar-refractivity contribution in [3.05, 3.63) is 0 Å². The Morgan fingerprint density at radius 3 is 2.29 bits per heavy atom. The molecule has 120 valence electrons. The molecule has 0 aliphatic carbocycles. The second-order valence-electron chi connectivity index (χ2n) is 6.69. The van der Waals surface area contributed by atoms with Gasteiger partial charge in [-0.05, 0) is 46.2 Å². The minimum absolute atomic E-state index is 0.0805. The van der Waals surface area contributed by atoms with Gasteiger partial charge in [0.05, 0.1) is 18.6 Å². The molecular formula is C16H28N2O3. The summed E-state index contributed by atoms with van der Waals surface area (Å²) < 4.78 is 4.87. The number of nitrogens with zero attached hydrogens (tertiary/aromatic N) is 2. The lowest BCUT2D eigenvalue weighted by Gasteiger charge is -2.30. The molecule has 5 nitrogen and oxygen atoms in total. The van der Waals surface area contributed by atoms with Crippen LogP contribution >= 0.6 is 0 Å². The van der Waals surface area contributed by atoms with Gasteiger partial charge in [-0.3, -0.25) is 14.5 Å². The summed E-state index contributed by atoms with van der Waals surface area (Å²) in [6, 6.07) is -0.0805. The van der Waals surface area contributed by atoms with Crippen LogP contribution in [0.3, 0.4) is 0 Å². The number of carbonyl (C=O) groups is 2. The third-order valence-corrected chi connectivity index (χ3v) is 5.01. The Bertz CT molecular complexity index is 391. The zero-order valence-electron chi connectivity index (χ0n) is 13.6. The number of esters is 1. The Hall–Kier alpha value is -1.10. The molecule has 2 saturated heterocycles. The highest BCUT2D eigenvalue weighted by molar-refractivity contribution is 5.84. The third-order valence-electron chi connectivity index (χ3n) is 5.01. The highest BCUT2D eigenvalue weighted by Crippen LogP contribution is 2.32. The average Bonchev–Trinajstić information content (AvgIpc) is 2.72. The summed E-state index contributed by atoms with van der Waals surface area (Å²) in [5.41, 5.74) is -0.539. The monoisotopic (exact) mass is 296 g/mol. The predicted octanol–water partition coefficient (Wildman–Crippen LogP) is 1.66. The second-order valence-corrected chi connectivity index (χ2v) is 6.69. The van der Waals surface area contributed by atoms with E-state index in [0.717, 1.165) is 13.1 Å². The maximum atomic E-state index is 12.7. The van der Waals surface area contributed by atoms with E-state index >= 15 is 0 Å². The number of carbonyl (C=O) groups excluding carboxylic acids is 2. The minimum atomic E-state index is -0.539. The molecule has 2 aliphatic rings. The van der Waals surface area contributed by atoms with Gasteiger partial charge in [-0.25, -0.2) is 0 Å². The van der Waals surface area contributed by atoms with Crippen LogP contribution in [0.4, 0.5) is 0 Å². The first-order chi connectivity index (χ1) is 9.98. The molecule has 0 spiro atoms. The summed E-state index contributed by atoms with van der Waals surface area (Å²) in [5, 5.41) is 0. The standard InChI is InChI=1S/C16H28N2O3/c1-13(17-9-6-4-5-7-10-17)14(19)18-11-8-16(2,12-18)15(20)21-3/h13H,4-12H2,1-3H3/t13-,16-/m1/s1. The van der Waals surface area contributed by atoms with Gasteiger partial charge < -0.3 is 9.64 Å². The lowest BCUT2D eigenvalue weighted by atomic mass is 9.90. The summed E-state index contributed by atoms with van der Waals surface area (Å²) in [6.45, 7) is 7.05. The van der Waals surface area contributed by atoms with Crippen molar-refractivity contribution in [2.24, 2.45) is 5.41 Å². The molecule has 0 N–H and O–H groups in total. The normalized spacial score (nSPS) is 29.0. The van der Waals surface area contributed by atoms with Crippen molar-refractivity contribution in [2.45, 2.75) is 52.0 Å². The van der Waals surface area contributed by atoms with Gasteiger partial charge in [0.15, 0.2) is 0 Å². The number of likely N-dealkylation sites (tertiary alicyclic amines) is 2. The van der Waals surface area contributed by atoms with E-state index in [2.05, 4.69) is 4.90 Å². The Morgan fingerprint density at radius 1 is 1.10 bits per heavy atom. The van der Waals surface area contributed by atoms with Gasteiger partial charge in [-0.2, -0.15) is 0 Å². The number of amides is 1. The summed E-state index contributed by atoms with van der Waals surface area (Å²) in [5.74, 6) is -0.0512. The zero-order chi connectivity index (χ0) is 15.5. The number of ether oxygens (including phenoxy) is 1. The Balaban J connectivity index is 1.95. The smallest absolute Gasteiger partial charge is 0.313 e. The fourth-order valence-electron chi connectivity index (χ4n) is 3.47. The second kappa shape index (κ2) is 6.77. The summed E-state index contributed by atoms with van der Waals surface area (Å²) in [4.78, 5) is 28.7. The number of methoxy groups -OCH3 is 1. The molecule has 2 aliphatic heterocycles. The van der Waals surface area contributed by atoms with Crippen LogP contribution < -0.4 is 0 Å². The van der Waals surface area contributed by atoms with Crippen LogP contribution in [0, 0.1) is 5.41 Å². The van der Waals surface area contributed by atoms with Gasteiger partial charge in [0.25, 0.3) is 0 Å². The molecule has 0 saturated carbocycles. The van der Waals surface area contributed by atoms with E-state index in [0.29, 0.717) is 19.5 Å². The molecule has 0 bridgehead atoms. The van der Waals surface area contributed by atoms with Crippen molar-refractivity contribution >= 4 is 11.9 Å². The fourth-order valence-corrected chi connectivity index (χ4v) is 3.47. The van der Waals surface area contributed by atoms with E-state index in [9.17, 15) is 9.59 Å². The van der Waals surface area contributed by atoms with Crippen molar-refractivity contribution in [1.29, 1.82) is 0 Å². The van der Waals surface area contributed by atoms with Gasteiger partial charge in [0, 0.05) is 13.1 Å². The molecule has 1 amide bonds. The quantitative estimate of drug-likeness (QED) is 0.743. The largest absolute Gasteiger partial charge is 0.469 e. The van der Waals surface area contributed by atoms with E-state index in [1.54, 1.807) is 0 Å². The van der Waals surface area contributed by atoms with Crippen molar-refractivity contribution in [3.63, 3.8) is 0 Å². The summed E-state index contributed by atoms with van der Waals surface area (Å²) in [7, 11) is 1.41. The van der Waals surface area contributed by atoms with Gasteiger partial charge >= 0.3 is 5.97 Å². The van der Waals surface area contributed by atoms with E-state index in [-0.39, 0.29) is 17.9 Å². The minimum Gasteiger partial charge on any atom is -0.469 e. The van der Waals surface area contributed by atoms with Crippen molar-refractivity contribution in [1.82, 2.24) is 9.80 Å². The average molecular weight is 296 g/mol. The lowest BCUT2D eigenvalue weighted by Crippen LogP contribution is -2.47. The topological polar surface area (TPSA) is 49.9 Å². The molecule has 0 aromatic heterocycles. The first-order valence-electron chi connectivity index (χ1n) is 8.09. The molecule has 0 unspecified atom stereocenters. The molecular weight excluding hydrogens is 268 g/mol. The van der Waals surface area contributed by atoms with Gasteiger partial charge in [0.2, 0.25) is 5.91 Å². The molecule has 2 fully saturated rings.